The van der Waals surface area contributed by atoms with Gasteiger partial charge in [-0.3, -0.25) is 4.79 Å². The van der Waals surface area contributed by atoms with Crippen LogP contribution in [-0.2, 0) is 31.3 Å². The summed E-state index contributed by atoms with van der Waals surface area (Å²) in [5.74, 6) is -0.408. The fraction of sp³-hybridized carbons (Fsp3) is 0.423. The molecule has 194 valence electrons. The molecule has 2 saturated heterocycles. The zero-order valence-corrected chi connectivity index (χ0v) is 21.9. The van der Waals surface area contributed by atoms with E-state index in [2.05, 4.69) is 11.3 Å². The van der Waals surface area contributed by atoms with Crippen molar-refractivity contribution in [2.24, 2.45) is 5.92 Å². The molecule has 0 aliphatic carbocycles. The fourth-order valence-electron chi connectivity index (χ4n) is 4.85. The van der Waals surface area contributed by atoms with Gasteiger partial charge in [0.15, 0.2) is 0 Å². The summed E-state index contributed by atoms with van der Waals surface area (Å²) < 4.78 is 53.5. The highest BCUT2D eigenvalue weighted by molar-refractivity contribution is 7.92. The van der Waals surface area contributed by atoms with Gasteiger partial charge in [-0.25, -0.2) is 21.6 Å². The largest absolute Gasteiger partial charge is 0.342 e. The number of nitrogens with zero attached hydrogens (tertiary/aromatic N) is 2. The third-order valence-electron chi connectivity index (χ3n) is 6.96. The summed E-state index contributed by atoms with van der Waals surface area (Å²) in [4.78, 5) is 15.5. The molecule has 1 N–H and O–H groups in total. The Bertz CT molecular complexity index is 1270. The van der Waals surface area contributed by atoms with E-state index in [0.29, 0.717) is 19.4 Å². The maximum absolute atomic E-state index is 13.4. The number of hydrogen-bond donors (Lipinski definition) is 1. The molecule has 0 aromatic heterocycles. The van der Waals surface area contributed by atoms with E-state index in [1.807, 2.05) is 35.2 Å². The van der Waals surface area contributed by atoms with Gasteiger partial charge < -0.3 is 4.90 Å². The van der Waals surface area contributed by atoms with E-state index < -0.39 is 20.0 Å². The van der Waals surface area contributed by atoms with Crippen LogP contribution >= 0.6 is 0 Å². The van der Waals surface area contributed by atoms with Crippen molar-refractivity contribution in [3.63, 3.8) is 0 Å². The van der Waals surface area contributed by atoms with Crippen molar-refractivity contribution in [2.45, 2.75) is 36.5 Å². The standard InChI is InChI=1S/C26H33N3O5S2/c1-2-35(31,32)27-19-22-14-17-29(20-22)36(33,34)24-12-10-23(11-13-24)25(18-21-8-4-3-5-9-21)26(30)28-15-6-7-16-28/h2-5,8-13,22,25,27H,1,6-7,14-20H2. The van der Waals surface area contributed by atoms with Crippen LogP contribution in [0.5, 0.6) is 0 Å². The number of nitrogens with one attached hydrogen (secondary N) is 1. The molecule has 0 bridgehead atoms. The third kappa shape index (κ3) is 6.23. The topological polar surface area (TPSA) is 104 Å². The van der Waals surface area contributed by atoms with Gasteiger partial charge in [-0.2, -0.15) is 4.31 Å². The molecule has 8 nitrogen and oxygen atoms in total. The number of benzene rings is 2. The molecule has 1 amide bonds. The highest BCUT2D eigenvalue weighted by atomic mass is 32.2. The molecule has 2 aromatic carbocycles. The second-order valence-corrected chi connectivity index (χ2v) is 13.1. The van der Waals surface area contributed by atoms with Crippen molar-refractivity contribution in [1.29, 1.82) is 0 Å². The van der Waals surface area contributed by atoms with E-state index >= 15 is 0 Å². The van der Waals surface area contributed by atoms with Crippen LogP contribution in [0.25, 0.3) is 0 Å². The molecule has 2 fully saturated rings. The van der Waals surface area contributed by atoms with Gasteiger partial charge in [-0.15, -0.1) is 0 Å². The first-order chi connectivity index (χ1) is 17.2. The lowest BCUT2D eigenvalue weighted by Gasteiger charge is -2.24. The first-order valence-electron chi connectivity index (χ1n) is 12.2. The average Bonchev–Trinajstić information content (AvgIpc) is 3.60. The highest BCUT2D eigenvalue weighted by Crippen LogP contribution is 2.29. The van der Waals surface area contributed by atoms with Crippen LogP contribution in [-0.4, -0.2) is 64.7 Å². The molecule has 2 unspecified atom stereocenters. The van der Waals surface area contributed by atoms with Crippen LogP contribution in [0.3, 0.4) is 0 Å². The normalized spacial score (nSPS) is 19.9. The van der Waals surface area contributed by atoms with Gasteiger partial charge in [0, 0.05) is 38.1 Å². The van der Waals surface area contributed by atoms with E-state index in [9.17, 15) is 21.6 Å². The minimum Gasteiger partial charge on any atom is -0.342 e. The molecule has 2 heterocycles. The Kier molecular flexibility index (Phi) is 8.29. The lowest BCUT2D eigenvalue weighted by Crippen LogP contribution is -2.34. The first kappa shape index (κ1) is 26.5. The predicted molar refractivity (Wildman–Crippen MR) is 139 cm³/mol. The minimum atomic E-state index is -3.73. The molecule has 36 heavy (non-hydrogen) atoms. The summed E-state index contributed by atoms with van der Waals surface area (Å²) >= 11 is 0. The van der Waals surface area contributed by atoms with Gasteiger partial charge in [0.2, 0.25) is 26.0 Å². The summed E-state index contributed by atoms with van der Waals surface area (Å²) in [6, 6.07) is 16.5. The van der Waals surface area contributed by atoms with Crippen molar-refractivity contribution in [3.05, 3.63) is 77.7 Å². The molecule has 2 aromatic rings. The highest BCUT2D eigenvalue weighted by Gasteiger charge is 2.33. The molecule has 2 atom stereocenters. The Morgan fingerprint density at radius 1 is 1.00 bits per heavy atom. The van der Waals surface area contributed by atoms with Crippen LogP contribution in [0.2, 0.25) is 0 Å². The lowest BCUT2D eigenvalue weighted by atomic mass is 9.90. The van der Waals surface area contributed by atoms with Gasteiger partial charge in [-0.05, 0) is 54.9 Å². The quantitative estimate of drug-likeness (QED) is 0.508. The van der Waals surface area contributed by atoms with E-state index in [1.165, 1.54) is 4.31 Å². The SMILES string of the molecule is C=CS(=O)(=O)NCC1CCN(S(=O)(=O)c2ccc(C(Cc3ccccc3)C(=O)N3CCCC3)cc2)C1. The number of sulfonamides is 2. The van der Waals surface area contributed by atoms with Crippen molar-refractivity contribution in [2.75, 3.05) is 32.7 Å². The Morgan fingerprint density at radius 2 is 1.67 bits per heavy atom. The van der Waals surface area contributed by atoms with Crippen LogP contribution in [0, 0.1) is 5.92 Å². The maximum Gasteiger partial charge on any atom is 0.243 e. The zero-order valence-electron chi connectivity index (χ0n) is 20.3. The molecule has 0 saturated carbocycles. The number of carbonyl (C=O) groups is 1. The number of amides is 1. The van der Waals surface area contributed by atoms with Gasteiger partial charge in [-0.1, -0.05) is 49.0 Å². The molecule has 2 aliphatic rings. The Hall–Kier alpha value is -2.53. The first-order valence-corrected chi connectivity index (χ1v) is 15.2. The number of carbonyl (C=O) groups excluding carboxylic acids is 1. The van der Waals surface area contributed by atoms with E-state index in [4.69, 9.17) is 0 Å². The van der Waals surface area contributed by atoms with Gasteiger partial charge >= 0.3 is 0 Å². The third-order valence-corrected chi connectivity index (χ3v) is 9.85. The molecular weight excluding hydrogens is 498 g/mol. The van der Waals surface area contributed by atoms with E-state index in [0.717, 1.165) is 42.5 Å². The monoisotopic (exact) mass is 531 g/mol. The van der Waals surface area contributed by atoms with Crippen molar-refractivity contribution >= 4 is 26.0 Å². The number of rotatable bonds is 10. The van der Waals surface area contributed by atoms with Gasteiger partial charge in [0.1, 0.15) is 0 Å². The number of likely N-dealkylation sites (tertiary alicyclic amines) is 1. The summed E-state index contributed by atoms with van der Waals surface area (Å²) in [5, 5.41) is 0.845. The molecule has 4 rings (SSSR count). The van der Waals surface area contributed by atoms with Gasteiger partial charge in [0.05, 0.1) is 10.8 Å². The number of hydrogen-bond acceptors (Lipinski definition) is 5. The molecule has 10 heteroatoms. The molecular formula is C26H33N3O5S2. The Balaban J connectivity index is 1.49. The van der Waals surface area contributed by atoms with E-state index in [-0.39, 0.29) is 35.7 Å². The van der Waals surface area contributed by atoms with Crippen LogP contribution in [0.15, 0.2) is 71.5 Å². The average molecular weight is 532 g/mol. The van der Waals surface area contributed by atoms with Crippen molar-refractivity contribution in [1.82, 2.24) is 13.9 Å². The second-order valence-electron chi connectivity index (χ2n) is 9.42. The zero-order chi connectivity index (χ0) is 25.8. The summed E-state index contributed by atoms with van der Waals surface area (Å²) in [7, 11) is -7.27. The van der Waals surface area contributed by atoms with Crippen LogP contribution in [0.1, 0.15) is 36.3 Å². The minimum absolute atomic E-state index is 0.0799. The molecule has 0 radical (unpaired) electrons. The summed E-state index contributed by atoms with van der Waals surface area (Å²) in [6.45, 7) is 5.52. The molecule has 0 spiro atoms. The van der Waals surface area contributed by atoms with Crippen LogP contribution < -0.4 is 4.72 Å². The second kappa shape index (κ2) is 11.2. The lowest BCUT2D eigenvalue weighted by molar-refractivity contribution is -0.131. The summed E-state index contributed by atoms with van der Waals surface area (Å²) in [6.07, 6.45) is 3.14. The fourth-order valence-corrected chi connectivity index (χ4v) is 6.97. The smallest absolute Gasteiger partial charge is 0.243 e. The van der Waals surface area contributed by atoms with Crippen molar-refractivity contribution in [3.8, 4) is 0 Å². The van der Waals surface area contributed by atoms with Crippen LogP contribution in [0.4, 0.5) is 0 Å². The predicted octanol–water partition coefficient (Wildman–Crippen LogP) is 2.71. The summed E-state index contributed by atoms with van der Waals surface area (Å²) in [5.41, 5.74) is 1.86. The van der Waals surface area contributed by atoms with Gasteiger partial charge in [0.25, 0.3) is 0 Å². The molecule has 2 aliphatic heterocycles. The Morgan fingerprint density at radius 3 is 2.31 bits per heavy atom. The van der Waals surface area contributed by atoms with E-state index in [1.54, 1.807) is 24.3 Å². The Labute approximate surface area is 214 Å². The maximum atomic E-state index is 13.4. The van der Waals surface area contributed by atoms with Crippen molar-refractivity contribution < 1.29 is 21.6 Å².